The molecule has 8 bridgehead atoms. The third-order valence-corrected chi connectivity index (χ3v) is 13.4. The Labute approximate surface area is 338 Å². The van der Waals surface area contributed by atoms with Crippen LogP contribution in [-0.2, 0) is 36.0 Å². The Kier molecular flexibility index (Phi) is 12.7. The summed E-state index contributed by atoms with van der Waals surface area (Å²) in [5.74, 6) is 0. The number of rotatable bonds is 7. The van der Waals surface area contributed by atoms with E-state index < -0.39 is 7.92 Å². The summed E-state index contributed by atoms with van der Waals surface area (Å²) < 4.78 is 0. The van der Waals surface area contributed by atoms with Crippen molar-refractivity contribution in [3.05, 3.63) is 154 Å². The van der Waals surface area contributed by atoms with Crippen LogP contribution in [0, 0.1) is 20.8 Å². The van der Waals surface area contributed by atoms with Crippen LogP contribution in [0.5, 0.6) is 0 Å². The van der Waals surface area contributed by atoms with Crippen molar-refractivity contribution >= 4 is 68.1 Å². The van der Waals surface area contributed by atoms with Crippen molar-refractivity contribution in [1.29, 1.82) is 0 Å². The van der Waals surface area contributed by atoms with Gasteiger partial charge in [-0.2, -0.15) is 0 Å². The maximum Gasteiger partial charge on any atom is 3.00 e. The van der Waals surface area contributed by atoms with E-state index in [9.17, 15) is 0 Å². The summed E-state index contributed by atoms with van der Waals surface area (Å²) in [7, 11) is -0.446. The number of hydrogen-bond acceptors (Lipinski definition) is 1. The molecule has 0 saturated heterocycles. The minimum absolute atomic E-state index is 0. The van der Waals surface area contributed by atoms with Crippen molar-refractivity contribution in [2.45, 2.75) is 81.1 Å². The molecule has 0 radical (unpaired) electrons. The van der Waals surface area contributed by atoms with E-state index in [0.717, 1.165) is 70.2 Å². The summed E-state index contributed by atoms with van der Waals surface area (Å²) in [6, 6.07) is 38.9. The predicted octanol–water partition coefficient (Wildman–Crippen LogP) is 10.8. The fourth-order valence-corrected chi connectivity index (χ4v) is 10.3. The van der Waals surface area contributed by atoms with Gasteiger partial charge in [0.25, 0.3) is 0 Å². The topological polar surface area (TPSA) is 55.2 Å². The molecule has 0 amide bonds. The standard InChI is InChI=1S/C31H35N4.C18H15P.Co/c1-9-20-17(6)25-14-29-22(11-3)19(8)30(35-29)31-23(12-4)18(7)26(34-31)15-28-21(10-2)16(5)24(32-28)13-27(20)33-25;1-4-10-16(11-5-1)19(17-12-6-2-7-13-17)18-14-8-3-9-15-18;/h13-15H,9-12H2,1-8H3;1-15H;/q-3;;+3. The zero-order valence-electron chi connectivity index (χ0n) is 33.3. The van der Waals surface area contributed by atoms with Gasteiger partial charge in [0.05, 0.1) is 11.4 Å². The second kappa shape index (κ2) is 17.4. The second-order valence-electron chi connectivity index (χ2n) is 14.1. The van der Waals surface area contributed by atoms with E-state index in [1.54, 1.807) is 0 Å². The SMILES string of the molecule is CCC1=C(C)c2cc3[n-]c(c(C)c3CC)c3[n-]c(cc4[n-]c(cc1n2)c(C)c4CC)c(C)c3CC.[Co+3].c1ccc(P(c2ccccc2)c2ccccc2)cc1. The van der Waals surface area contributed by atoms with E-state index in [1.807, 2.05) is 0 Å². The Bertz CT molecular complexity index is 2480. The van der Waals surface area contributed by atoms with Crippen molar-refractivity contribution in [1.82, 2.24) is 19.9 Å². The van der Waals surface area contributed by atoms with E-state index in [4.69, 9.17) is 19.9 Å². The van der Waals surface area contributed by atoms with Gasteiger partial charge in [-0.3, -0.25) is 0 Å². The monoisotopic (exact) mass is 784 g/mol. The zero-order valence-corrected chi connectivity index (χ0v) is 35.2. The van der Waals surface area contributed by atoms with Crippen LogP contribution in [0.2, 0.25) is 0 Å². The Balaban J connectivity index is 0.000000217. The largest absolute Gasteiger partial charge is 3.00 e. The Morgan fingerprint density at radius 2 is 0.891 bits per heavy atom. The third-order valence-electron chi connectivity index (χ3n) is 11.0. The van der Waals surface area contributed by atoms with Gasteiger partial charge in [0.2, 0.25) is 0 Å². The number of nitrogens with zero attached hydrogens (tertiary/aromatic N) is 4. The summed E-state index contributed by atoms with van der Waals surface area (Å²) in [5.41, 5.74) is 18.2. The number of benzene rings is 3. The molecule has 1 aliphatic rings. The number of fused-ring (bicyclic) bond motifs is 9. The van der Waals surface area contributed by atoms with Crippen LogP contribution in [-0.4, -0.2) is 4.98 Å². The number of aryl methyl sites for hydroxylation is 6. The van der Waals surface area contributed by atoms with Crippen molar-refractivity contribution in [3.63, 3.8) is 0 Å². The molecule has 0 fully saturated rings. The molecule has 55 heavy (non-hydrogen) atoms. The van der Waals surface area contributed by atoms with Crippen molar-refractivity contribution in [3.8, 4) is 0 Å². The van der Waals surface area contributed by atoms with Gasteiger partial charge in [0, 0.05) is 0 Å². The molecule has 280 valence electrons. The summed E-state index contributed by atoms with van der Waals surface area (Å²) in [6.45, 7) is 17.6. The van der Waals surface area contributed by atoms with Crippen LogP contribution in [0.1, 0.15) is 85.8 Å². The second-order valence-corrected chi connectivity index (χ2v) is 16.3. The van der Waals surface area contributed by atoms with Crippen LogP contribution >= 0.6 is 7.92 Å². The summed E-state index contributed by atoms with van der Waals surface area (Å²) in [4.78, 5) is 20.6. The fraction of sp³-hybridized carbons (Fsp3) is 0.245. The van der Waals surface area contributed by atoms with Gasteiger partial charge >= 0.3 is 16.8 Å². The first kappa shape index (κ1) is 40.0. The zero-order chi connectivity index (χ0) is 37.9. The number of aromatic nitrogens is 4. The smallest absolute Gasteiger partial charge is 0.658 e. The number of hydrogen-bond donors (Lipinski definition) is 0. The van der Waals surface area contributed by atoms with Crippen LogP contribution in [0.25, 0.3) is 44.2 Å². The molecule has 0 aliphatic carbocycles. The van der Waals surface area contributed by atoms with Gasteiger partial charge in [-0.1, -0.05) is 170 Å². The first-order valence-corrected chi connectivity index (χ1v) is 20.8. The molecule has 4 aromatic heterocycles. The van der Waals surface area contributed by atoms with Gasteiger partial charge in [-0.15, -0.1) is 33.1 Å². The van der Waals surface area contributed by atoms with Crippen molar-refractivity contribution in [2.24, 2.45) is 0 Å². The minimum atomic E-state index is -0.446. The van der Waals surface area contributed by atoms with E-state index in [1.165, 1.54) is 60.4 Å². The van der Waals surface area contributed by atoms with Crippen LogP contribution < -0.4 is 30.9 Å². The molecule has 0 N–H and O–H groups in total. The van der Waals surface area contributed by atoms with E-state index in [-0.39, 0.29) is 16.8 Å². The van der Waals surface area contributed by atoms with Crippen molar-refractivity contribution < 1.29 is 16.8 Å². The molecule has 1 aliphatic heterocycles. The molecule has 0 atom stereocenters. The van der Waals surface area contributed by atoms with E-state index in [0.29, 0.717) is 0 Å². The Hall–Kier alpha value is -4.67. The fourth-order valence-electron chi connectivity index (χ4n) is 8.01. The van der Waals surface area contributed by atoms with Gasteiger partial charge < -0.3 is 15.0 Å². The van der Waals surface area contributed by atoms with E-state index >= 15 is 0 Å². The summed E-state index contributed by atoms with van der Waals surface area (Å²) in [6.07, 6.45) is 3.73. The first-order chi connectivity index (χ1) is 26.3. The Morgan fingerprint density at radius 1 is 0.455 bits per heavy atom. The van der Waals surface area contributed by atoms with Crippen LogP contribution in [0.4, 0.5) is 0 Å². The van der Waals surface area contributed by atoms with Crippen molar-refractivity contribution in [2.75, 3.05) is 0 Å². The first-order valence-electron chi connectivity index (χ1n) is 19.4. The molecule has 3 aromatic carbocycles. The molecule has 8 rings (SSSR count). The average molecular weight is 785 g/mol. The third kappa shape index (κ3) is 7.76. The summed E-state index contributed by atoms with van der Waals surface area (Å²) >= 11 is 0. The molecule has 4 nitrogen and oxygen atoms in total. The molecule has 6 heteroatoms. The van der Waals surface area contributed by atoms with E-state index in [2.05, 4.69) is 165 Å². The molecule has 5 heterocycles. The maximum atomic E-state index is 5.18. The average Bonchev–Trinajstić information content (AvgIpc) is 3.88. The molecule has 0 unspecified atom stereocenters. The Morgan fingerprint density at radius 3 is 1.40 bits per heavy atom. The summed E-state index contributed by atoms with van der Waals surface area (Å²) in [5, 5.41) is 4.19. The molecular formula is C49H50CoN4P. The molecular weight excluding hydrogens is 734 g/mol. The van der Waals surface area contributed by atoms with Crippen LogP contribution in [0.3, 0.4) is 0 Å². The minimum Gasteiger partial charge on any atom is -0.658 e. The number of allylic oxidation sites excluding steroid dienone is 2. The van der Waals surface area contributed by atoms with Gasteiger partial charge in [0.15, 0.2) is 0 Å². The molecule has 0 saturated carbocycles. The van der Waals surface area contributed by atoms with Gasteiger partial charge in [-0.25, -0.2) is 4.98 Å². The maximum absolute atomic E-state index is 5.18. The molecule has 0 spiro atoms. The predicted molar refractivity (Wildman–Crippen MR) is 233 cm³/mol. The van der Waals surface area contributed by atoms with Gasteiger partial charge in [-0.05, 0) is 88.4 Å². The van der Waals surface area contributed by atoms with Crippen LogP contribution in [0.15, 0.2) is 109 Å². The molecule has 7 aromatic rings. The van der Waals surface area contributed by atoms with Gasteiger partial charge in [0.1, 0.15) is 0 Å². The quantitative estimate of drug-likeness (QED) is 0.151. The normalized spacial score (nSPS) is 11.9.